The van der Waals surface area contributed by atoms with E-state index in [0.717, 1.165) is 0 Å². The third kappa shape index (κ3) is 11.8. The summed E-state index contributed by atoms with van der Waals surface area (Å²) in [5, 5.41) is 24.9. The second-order valence-electron chi connectivity index (χ2n) is 7.85. The number of nitrogens with two attached hydrogens (primary N) is 3. The summed E-state index contributed by atoms with van der Waals surface area (Å²) in [4.78, 5) is 71.1. The zero-order chi connectivity index (χ0) is 25.7. The SMILES string of the molecule is CC(C)C(NC(=O)C(CCCCN)NC(=O)C(CC(N)=O)NC(=O)C(N)CC(=O)O)C(=O)O. The number of aliphatic carboxylic acids is 2. The minimum Gasteiger partial charge on any atom is -0.481 e. The lowest BCUT2D eigenvalue weighted by Gasteiger charge is -2.25. The van der Waals surface area contributed by atoms with Crippen LogP contribution in [0.4, 0.5) is 0 Å². The Morgan fingerprint density at radius 3 is 1.82 bits per heavy atom. The Morgan fingerprint density at radius 2 is 1.36 bits per heavy atom. The van der Waals surface area contributed by atoms with Gasteiger partial charge in [0.2, 0.25) is 23.6 Å². The summed E-state index contributed by atoms with van der Waals surface area (Å²) in [7, 11) is 0. The lowest BCUT2D eigenvalue weighted by molar-refractivity contribution is -0.143. The molecule has 0 aromatic heterocycles. The topological polar surface area (TPSA) is 257 Å². The molecule has 0 heterocycles. The maximum Gasteiger partial charge on any atom is 0.326 e. The van der Waals surface area contributed by atoms with Crippen molar-refractivity contribution in [1.29, 1.82) is 0 Å². The molecule has 0 aromatic carbocycles. The predicted octanol–water partition coefficient (Wildman–Crippen LogP) is -3.01. The lowest BCUT2D eigenvalue weighted by Crippen LogP contribution is -2.58. The first kappa shape index (κ1) is 29.7. The van der Waals surface area contributed by atoms with E-state index in [2.05, 4.69) is 16.0 Å². The molecule has 0 aliphatic heterocycles. The third-order valence-corrected chi connectivity index (χ3v) is 4.58. The maximum atomic E-state index is 12.7. The van der Waals surface area contributed by atoms with E-state index in [1.165, 1.54) is 0 Å². The summed E-state index contributed by atoms with van der Waals surface area (Å²) in [5.41, 5.74) is 16.1. The Labute approximate surface area is 191 Å². The first-order chi connectivity index (χ1) is 15.3. The molecule has 188 valence electrons. The van der Waals surface area contributed by atoms with Gasteiger partial charge in [-0.1, -0.05) is 13.8 Å². The number of nitrogens with one attached hydrogen (secondary N) is 3. The number of hydrogen-bond donors (Lipinski definition) is 8. The Kier molecular flexibility index (Phi) is 13.3. The second kappa shape index (κ2) is 14.7. The number of carbonyl (C=O) groups excluding carboxylic acids is 4. The van der Waals surface area contributed by atoms with E-state index >= 15 is 0 Å². The van der Waals surface area contributed by atoms with Crippen LogP contribution in [-0.4, -0.2) is 76.5 Å². The molecule has 0 rings (SSSR count). The van der Waals surface area contributed by atoms with Gasteiger partial charge in [0.05, 0.1) is 18.9 Å². The summed E-state index contributed by atoms with van der Waals surface area (Å²) < 4.78 is 0. The highest BCUT2D eigenvalue weighted by Crippen LogP contribution is 2.07. The lowest BCUT2D eigenvalue weighted by atomic mass is 10.0. The Morgan fingerprint density at radius 1 is 0.818 bits per heavy atom. The van der Waals surface area contributed by atoms with Gasteiger partial charge in [-0.05, 0) is 31.7 Å². The normalized spacial score (nSPS) is 14.5. The van der Waals surface area contributed by atoms with Crippen molar-refractivity contribution in [3.8, 4) is 0 Å². The van der Waals surface area contributed by atoms with Crippen LogP contribution >= 0.6 is 0 Å². The fourth-order valence-electron chi connectivity index (χ4n) is 2.77. The van der Waals surface area contributed by atoms with Gasteiger partial charge in [-0.3, -0.25) is 24.0 Å². The second-order valence-corrected chi connectivity index (χ2v) is 7.85. The number of carboxylic acid groups (broad SMARTS) is 2. The fraction of sp³-hybridized carbons (Fsp3) is 0.684. The molecule has 4 amide bonds. The van der Waals surface area contributed by atoms with Gasteiger partial charge in [0.1, 0.15) is 18.1 Å². The van der Waals surface area contributed by atoms with Gasteiger partial charge in [0.25, 0.3) is 0 Å². The largest absolute Gasteiger partial charge is 0.481 e. The molecule has 11 N–H and O–H groups in total. The summed E-state index contributed by atoms with van der Waals surface area (Å²) in [6, 6.07) is -5.41. The predicted molar refractivity (Wildman–Crippen MR) is 115 cm³/mol. The van der Waals surface area contributed by atoms with Crippen LogP contribution in [0.15, 0.2) is 0 Å². The van der Waals surface area contributed by atoms with Crippen molar-refractivity contribution >= 4 is 35.6 Å². The Bertz CT molecular complexity index is 729. The number of carbonyl (C=O) groups is 6. The molecule has 0 aromatic rings. The minimum atomic E-state index is -1.53. The number of rotatable bonds is 16. The number of carboxylic acids is 2. The summed E-state index contributed by atoms with van der Waals surface area (Å²) in [6.45, 7) is 3.52. The standard InChI is InChI=1S/C19H34N6O8/c1-9(2)15(19(32)33)25-17(30)11(5-3-4-6-20)23-18(31)12(8-13(22)26)24-16(29)10(21)7-14(27)28/h9-12,15H,3-8,20-21H2,1-2H3,(H2,22,26)(H,23,31)(H,24,29)(H,25,30)(H,27,28)(H,32,33). The van der Waals surface area contributed by atoms with Crippen LogP contribution in [0.3, 0.4) is 0 Å². The third-order valence-electron chi connectivity index (χ3n) is 4.58. The summed E-state index contributed by atoms with van der Waals surface area (Å²) in [6.07, 6.45) is -0.303. The van der Waals surface area contributed by atoms with Crippen molar-refractivity contribution in [3.05, 3.63) is 0 Å². The molecule has 0 bridgehead atoms. The molecule has 4 unspecified atom stereocenters. The van der Waals surface area contributed by atoms with E-state index in [9.17, 15) is 33.9 Å². The first-order valence-electron chi connectivity index (χ1n) is 10.4. The zero-order valence-corrected chi connectivity index (χ0v) is 18.7. The van der Waals surface area contributed by atoms with E-state index in [4.69, 9.17) is 22.3 Å². The molecule has 14 heteroatoms. The van der Waals surface area contributed by atoms with Crippen molar-refractivity contribution in [2.75, 3.05) is 6.54 Å². The molecule has 4 atom stereocenters. The maximum absolute atomic E-state index is 12.7. The van der Waals surface area contributed by atoms with Crippen molar-refractivity contribution in [3.63, 3.8) is 0 Å². The van der Waals surface area contributed by atoms with Crippen LogP contribution in [-0.2, 0) is 28.8 Å². The van der Waals surface area contributed by atoms with Crippen molar-refractivity contribution < 1.29 is 39.0 Å². The number of primary amides is 1. The van der Waals surface area contributed by atoms with Crippen LogP contribution in [0.2, 0.25) is 0 Å². The van der Waals surface area contributed by atoms with E-state index in [1.807, 2.05) is 0 Å². The molecule has 0 aliphatic carbocycles. The zero-order valence-electron chi connectivity index (χ0n) is 18.7. The summed E-state index contributed by atoms with van der Waals surface area (Å²) in [5.74, 6) is -6.71. The van der Waals surface area contributed by atoms with Gasteiger partial charge >= 0.3 is 11.9 Å². The van der Waals surface area contributed by atoms with Gasteiger partial charge < -0.3 is 43.4 Å². The molecular weight excluding hydrogens is 440 g/mol. The molecule has 0 aliphatic rings. The van der Waals surface area contributed by atoms with Crippen LogP contribution in [0.25, 0.3) is 0 Å². The molecule has 33 heavy (non-hydrogen) atoms. The van der Waals surface area contributed by atoms with Crippen LogP contribution in [0.5, 0.6) is 0 Å². The average Bonchev–Trinajstić information content (AvgIpc) is 2.69. The smallest absolute Gasteiger partial charge is 0.326 e. The highest BCUT2D eigenvalue weighted by atomic mass is 16.4. The fourth-order valence-corrected chi connectivity index (χ4v) is 2.77. The van der Waals surface area contributed by atoms with Crippen LogP contribution in [0, 0.1) is 5.92 Å². The van der Waals surface area contributed by atoms with Gasteiger partial charge in [-0.2, -0.15) is 0 Å². The molecular formula is C19H34N6O8. The first-order valence-corrected chi connectivity index (χ1v) is 10.4. The van der Waals surface area contributed by atoms with E-state index in [0.29, 0.717) is 19.4 Å². The molecule has 0 radical (unpaired) electrons. The van der Waals surface area contributed by atoms with Crippen molar-refractivity contribution in [2.24, 2.45) is 23.1 Å². The molecule has 0 saturated carbocycles. The molecule has 0 fully saturated rings. The van der Waals surface area contributed by atoms with Crippen LogP contribution < -0.4 is 33.2 Å². The Balaban J connectivity index is 5.53. The van der Waals surface area contributed by atoms with Crippen molar-refractivity contribution in [2.45, 2.75) is 70.1 Å². The quantitative estimate of drug-likeness (QED) is 0.105. The highest BCUT2D eigenvalue weighted by Gasteiger charge is 2.32. The van der Waals surface area contributed by atoms with Crippen molar-refractivity contribution in [1.82, 2.24) is 16.0 Å². The van der Waals surface area contributed by atoms with E-state index < -0.39 is 78.5 Å². The number of amides is 4. The minimum absolute atomic E-state index is 0.106. The number of unbranched alkanes of at least 4 members (excludes halogenated alkanes) is 1. The Hall–Kier alpha value is -3.26. The van der Waals surface area contributed by atoms with Gasteiger partial charge in [0, 0.05) is 0 Å². The van der Waals surface area contributed by atoms with Gasteiger partial charge in [-0.15, -0.1) is 0 Å². The number of hydrogen-bond acceptors (Lipinski definition) is 8. The monoisotopic (exact) mass is 474 g/mol. The van der Waals surface area contributed by atoms with E-state index in [1.54, 1.807) is 13.8 Å². The summed E-state index contributed by atoms with van der Waals surface area (Å²) >= 11 is 0. The van der Waals surface area contributed by atoms with Gasteiger partial charge in [-0.25, -0.2) is 4.79 Å². The molecule has 0 spiro atoms. The molecule has 0 saturated heterocycles. The highest BCUT2D eigenvalue weighted by molar-refractivity contribution is 5.96. The van der Waals surface area contributed by atoms with E-state index in [-0.39, 0.29) is 6.42 Å². The average molecular weight is 475 g/mol. The van der Waals surface area contributed by atoms with Gasteiger partial charge in [0.15, 0.2) is 0 Å². The van der Waals surface area contributed by atoms with Crippen LogP contribution in [0.1, 0.15) is 46.0 Å². The molecule has 14 nitrogen and oxygen atoms in total.